The quantitative estimate of drug-likeness (QED) is 0.892. The van der Waals surface area contributed by atoms with Crippen molar-refractivity contribution in [1.82, 2.24) is 20.3 Å². The number of hydrogen-bond donors (Lipinski definition) is 1. The Morgan fingerprint density at radius 1 is 1.41 bits per heavy atom. The lowest BCUT2D eigenvalue weighted by atomic mass is 10.1. The van der Waals surface area contributed by atoms with Crippen molar-refractivity contribution in [2.75, 3.05) is 12.3 Å². The fourth-order valence-electron chi connectivity index (χ4n) is 2.04. The summed E-state index contributed by atoms with van der Waals surface area (Å²) in [5.41, 5.74) is 1.43. The van der Waals surface area contributed by atoms with E-state index in [0.29, 0.717) is 6.04 Å². The van der Waals surface area contributed by atoms with Crippen LogP contribution < -0.4 is 5.32 Å². The predicted molar refractivity (Wildman–Crippen MR) is 67.9 cm³/mol. The van der Waals surface area contributed by atoms with Gasteiger partial charge in [0, 0.05) is 29.4 Å². The number of benzene rings is 1. The number of nitrogens with zero attached hydrogens (tertiary/aromatic N) is 3. The third kappa shape index (κ3) is 2.35. The summed E-state index contributed by atoms with van der Waals surface area (Å²) in [5.74, 6) is 1.12. The van der Waals surface area contributed by atoms with Crippen LogP contribution in [0.25, 0.3) is 0 Å². The van der Waals surface area contributed by atoms with Crippen molar-refractivity contribution in [3.05, 3.63) is 42.2 Å². The first-order valence-corrected chi connectivity index (χ1v) is 6.71. The molecule has 1 unspecified atom stereocenters. The third-order valence-corrected chi connectivity index (χ3v) is 4.09. The minimum absolute atomic E-state index is 0.472. The highest BCUT2D eigenvalue weighted by Crippen LogP contribution is 2.37. The van der Waals surface area contributed by atoms with Gasteiger partial charge in [-0.05, 0) is 11.6 Å². The van der Waals surface area contributed by atoms with E-state index in [4.69, 9.17) is 0 Å². The molecule has 5 heteroatoms. The predicted octanol–water partition coefficient (Wildman–Crippen LogP) is 1.71. The van der Waals surface area contributed by atoms with Gasteiger partial charge in [-0.3, -0.25) is 4.68 Å². The number of nitrogens with one attached hydrogen (secondary N) is 1. The van der Waals surface area contributed by atoms with Gasteiger partial charge in [0.2, 0.25) is 0 Å². The van der Waals surface area contributed by atoms with Crippen LogP contribution in [0, 0.1) is 0 Å². The SMILES string of the molecule is c1ccc2c(c1)SCC2NCCn1ccnn1. The van der Waals surface area contributed by atoms with Crippen molar-refractivity contribution in [2.45, 2.75) is 17.5 Å². The average molecular weight is 246 g/mol. The van der Waals surface area contributed by atoms with Crippen molar-refractivity contribution in [3.63, 3.8) is 0 Å². The van der Waals surface area contributed by atoms with Crippen LogP contribution in [0.15, 0.2) is 41.6 Å². The normalized spacial score (nSPS) is 18.2. The molecule has 0 radical (unpaired) electrons. The number of hydrogen-bond acceptors (Lipinski definition) is 4. The first kappa shape index (κ1) is 10.8. The molecule has 4 nitrogen and oxygen atoms in total. The second kappa shape index (κ2) is 4.89. The summed E-state index contributed by atoms with van der Waals surface area (Å²) in [6.07, 6.45) is 3.60. The number of fused-ring (bicyclic) bond motifs is 1. The highest BCUT2D eigenvalue weighted by atomic mass is 32.2. The summed E-state index contributed by atoms with van der Waals surface area (Å²) in [4.78, 5) is 1.41. The van der Waals surface area contributed by atoms with E-state index >= 15 is 0 Å². The van der Waals surface area contributed by atoms with Crippen molar-refractivity contribution < 1.29 is 0 Å². The lowest BCUT2D eigenvalue weighted by Gasteiger charge is -2.12. The minimum atomic E-state index is 0.472. The Labute approximate surface area is 104 Å². The van der Waals surface area contributed by atoms with Crippen LogP contribution in [0.5, 0.6) is 0 Å². The smallest absolute Gasteiger partial charge is 0.0692 e. The Bertz CT molecular complexity index is 483. The first-order chi connectivity index (χ1) is 8.43. The highest BCUT2D eigenvalue weighted by Gasteiger charge is 2.21. The van der Waals surface area contributed by atoms with Crippen molar-refractivity contribution >= 4 is 11.8 Å². The average Bonchev–Trinajstić information content (AvgIpc) is 2.99. The van der Waals surface area contributed by atoms with Gasteiger partial charge in [-0.25, -0.2) is 0 Å². The Kier molecular flexibility index (Phi) is 3.11. The third-order valence-electron chi connectivity index (χ3n) is 2.90. The molecule has 1 aromatic carbocycles. The molecule has 0 fully saturated rings. The van der Waals surface area contributed by atoms with Gasteiger partial charge >= 0.3 is 0 Å². The first-order valence-electron chi connectivity index (χ1n) is 5.73. The molecule has 2 aromatic rings. The molecule has 1 aliphatic heterocycles. The maximum absolute atomic E-state index is 3.95. The van der Waals surface area contributed by atoms with Crippen LogP contribution in [-0.2, 0) is 6.54 Å². The molecule has 1 N–H and O–H groups in total. The summed E-state index contributed by atoms with van der Waals surface area (Å²) in [6, 6.07) is 9.09. The maximum Gasteiger partial charge on any atom is 0.0692 e. The lowest BCUT2D eigenvalue weighted by molar-refractivity contribution is 0.503. The van der Waals surface area contributed by atoms with Gasteiger partial charge in [0.1, 0.15) is 0 Å². The largest absolute Gasteiger partial charge is 0.307 e. The fraction of sp³-hybridized carbons (Fsp3) is 0.333. The van der Waals surface area contributed by atoms with Gasteiger partial charge in [-0.2, -0.15) is 0 Å². The maximum atomic E-state index is 3.95. The van der Waals surface area contributed by atoms with Gasteiger partial charge in [0.15, 0.2) is 0 Å². The van der Waals surface area contributed by atoms with E-state index in [0.717, 1.165) is 18.8 Å². The van der Waals surface area contributed by atoms with E-state index in [2.05, 4.69) is 39.9 Å². The zero-order chi connectivity index (χ0) is 11.5. The van der Waals surface area contributed by atoms with E-state index < -0.39 is 0 Å². The molecular weight excluding hydrogens is 232 g/mol. The van der Waals surface area contributed by atoms with Crippen molar-refractivity contribution in [3.8, 4) is 0 Å². The molecule has 0 saturated heterocycles. The van der Waals surface area contributed by atoms with Gasteiger partial charge in [0.05, 0.1) is 12.7 Å². The van der Waals surface area contributed by atoms with Gasteiger partial charge < -0.3 is 5.32 Å². The summed E-state index contributed by atoms with van der Waals surface area (Å²) in [6.45, 7) is 1.78. The van der Waals surface area contributed by atoms with Crippen LogP contribution in [0.2, 0.25) is 0 Å². The Morgan fingerprint density at radius 3 is 3.24 bits per heavy atom. The minimum Gasteiger partial charge on any atom is -0.307 e. The van der Waals surface area contributed by atoms with Crippen LogP contribution in [-0.4, -0.2) is 27.3 Å². The molecule has 1 aliphatic rings. The zero-order valence-electron chi connectivity index (χ0n) is 9.41. The van der Waals surface area contributed by atoms with Gasteiger partial charge in [-0.15, -0.1) is 16.9 Å². The molecule has 1 atom stereocenters. The second-order valence-electron chi connectivity index (χ2n) is 4.02. The number of aromatic nitrogens is 3. The lowest BCUT2D eigenvalue weighted by Crippen LogP contribution is -2.25. The molecule has 0 spiro atoms. The molecule has 0 amide bonds. The molecule has 0 saturated carbocycles. The molecule has 17 heavy (non-hydrogen) atoms. The monoisotopic (exact) mass is 246 g/mol. The topological polar surface area (TPSA) is 42.7 Å². The van der Waals surface area contributed by atoms with E-state index in [1.807, 2.05) is 22.6 Å². The molecule has 3 rings (SSSR count). The molecule has 0 bridgehead atoms. The summed E-state index contributed by atoms with van der Waals surface area (Å²) >= 11 is 1.93. The molecule has 2 heterocycles. The Hall–Kier alpha value is -1.33. The summed E-state index contributed by atoms with van der Waals surface area (Å²) < 4.78 is 1.85. The van der Waals surface area contributed by atoms with Gasteiger partial charge in [-0.1, -0.05) is 23.4 Å². The molecule has 88 valence electrons. The Morgan fingerprint density at radius 2 is 2.35 bits per heavy atom. The van der Waals surface area contributed by atoms with E-state index in [1.54, 1.807) is 6.20 Å². The summed E-state index contributed by atoms with van der Waals surface area (Å²) in [7, 11) is 0. The molecule has 1 aromatic heterocycles. The van der Waals surface area contributed by atoms with Crippen molar-refractivity contribution in [1.29, 1.82) is 0 Å². The van der Waals surface area contributed by atoms with Crippen molar-refractivity contribution in [2.24, 2.45) is 0 Å². The number of rotatable bonds is 4. The fourth-order valence-corrected chi connectivity index (χ4v) is 3.23. The van der Waals surface area contributed by atoms with Crippen LogP contribution in [0.4, 0.5) is 0 Å². The Balaban J connectivity index is 1.57. The molecule has 0 aliphatic carbocycles. The second-order valence-corrected chi connectivity index (χ2v) is 5.08. The van der Waals surface area contributed by atoms with Crippen LogP contribution in [0.3, 0.4) is 0 Å². The van der Waals surface area contributed by atoms with E-state index in [9.17, 15) is 0 Å². The van der Waals surface area contributed by atoms with E-state index in [-0.39, 0.29) is 0 Å². The number of thioether (sulfide) groups is 1. The summed E-state index contributed by atoms with van der Waals surface area (Å²) in [5, 5.41) is 11.3. The van der Waals surface area contributed by atoms with Crippen LogP contribution >= 0.6 is 11.8 Å². The highest BCUT2D eigenvalue weighted by molar-refractivity contribution is 7.99. The van der Waals surface area contributed by atoms with Crippen LogP contribution in [0.1, 0.15) is 11.6 Å². The van der Waals surface area contributed by atoms with Gasteiger partial charge in [0.25, 0.3) is 0 Å². The zero-order valence-corrected chi connectivity index (χ0v) is 10.2. The van der Waals surface area contributed by atoms with E-state index in [1.165, 1.54) is 10.5 Å². The standard InChI is InChI=1S/C12H14N4S/c1-2-4-12-10(3-1)11(9-17-12)13-5-7-16-8-6-14-15-16/h1-4,6,8,11,13H,5,7,9H2. The molecular formula is C12H14N4S.